The summed E-state index contributed by atoms with van der Waals surface area (Å²) in [6.45, 7) is 2.39. The van der Waals surface area contributed by atoms with E-state index in [1.807, 2.05) is 16.3 Å². The van der Waals surface area contributed by atoms with Crippen molar-refractivity contribution in [1.29, 1.82) is 0 Å². The molecule has 144 valence electrons. The Kier molecular flexibility index (Phi) is 4.95. The van der Waals surface area contributed by atoms with Gasteiger partial charge in [-0.1, -0.05) is 12.1 Å². The highest BCUT2D eigenvalue weighted by molar-refractivity contribution is 7.16. The van der Waals surface area contributed by atoms with E-state index in [0.717, 1.165) is 35.4 Å². The van der Waals surface area contributed by atoms with Crippen LogP contribution in [0.4, 0.5) is 11.5 Å². The summed E-state index contributed by atoms with van der Waals surface area (Å²) in [6.07, 6.45) is 3.19. The molecule has 1 saturated heterocycles. The number of rotatable bonds is 5. The second-order valence-corrected chi connectivity index (χ2v) is 7.76. The lowest BCUT2D eigenvalue weighted by Crippen LogP contribution is -2.40. The molecule has 7 nitrogen and oxygen atoms in total. The van der Waals surface area contributed by atoms with Crippen LogP contribution in [-0.2, 0) is 9.59 Å². The van der Waals surface area contributed by atoms with Gasteiger partial charge in [-0.2, -0.15) is 0 Å². The van der Waals surface area contributed by atoms with Crippen LogP contribution < -0.4 is 10.2 Å². The molecule has 1 aromatic carbocycles. The van der Waals surface area contributed by atoms with Gasteiger partial charge in [0.2, 0.25) is 5.91 Å². The van der Waals surface area contributed by atoms with Crippen molar-refractivity contribution < 1.29 is 14.7 Å². The lowest BCUT2D eigenvalue weighted by Gasteiger charge is -2.25. The van der Waals surface area contributed by atoms with E-state index in [9.17, 15) is 14.7 Å². The monoisotopic (exact) mass is 396 g/mol. The van der Waals surface area contributed by atoms with Crippen molar-refractivity contribution in [1.82, 2.24) is 9.97 Å². The second-order valence-electron chi connectivity index (χ2n) is 6.86. The molecule has 0 aliphatic carbocycles. The molecule has 8 heteroatoms. The molecule has 2 aromatic heterocycles. The Morgan fingerprint density at radius 2 is 2.18 bits per heavy atom. The number of benzene rings is 1. The minimum Gasteiger partial charge on any atom is -0.481 e. The average Bonchev–Trinajstić information content (AvgIpc) is 3.36. The minimum absolute atomic E-state index is 0.111. The molecule has 1 amide bonds. The van der Waals surface area contributed by atoms with Crippen LogP contribution in [-0.4, -0.2) is 39.5 Å². The van der Waals surface area contributed by atoms with Gasteiger partial charge in [0.25, 0.3) is 0 Å². The normalized spacial score (nSPS) is 17.6. The number of hydrogen-bond acceptors (Lipinski definition) is 6. The maximum absolute atomic E-state index is 13.0. The van der Waals surface area contributed by atoms with E-state index in [4.69, 9.17) is 0 Å². The van der Waals surface area contributed by atoms with Gasteiger partial charge in [-0.3, -0.25) is 9.59 Å². The fourth-order valence-electron chi connectivity index (χ4n) is 3.55. The number of nitrogens with zero attached hydrogens (tertiary/aromatic N) is 3. The van der Waals surface area contributed by atoms with E-state index >= 15 is 0 Å². The van der Waals surface area contributed by atoms with Gasteiger partial charge in [-0.15, -0.1) is 11.3 Å². The van der Waals surface area contributed by atoms with Crippen molar-refractivity contribution in [2.24, 2.45) is 0 Å². The molecule has 2 atom stereocenters. The molecule has 0 spiro atoms. The SMILES string of the molecule is CC(C(=O)O)c1cccc(NC(=O)C2CCCN2c2ncnc3sccc23)c1. The number of carboxylic acid groups (broad SMARTS) is 1. The molecule has 0 saturated carbocycles. The number of anilines is 2. The van der Waals surface area contributed by atoms with Crippen LogP contribution >= 0.6 is 11.3 Å². The van der Waals surface area contributed by atoms with Crippen molar-refractivity contribution in [2.75, 3.05) is 16.8 Å². The minimum atomic E-state index is -0.894. The highest BCUT2D eigenvalue weighted by Crippen LogP contribution is 2.32. The van der Waals surface area contributed by atoms with E-state index in [1.54, 1.807) is 42.5 Å². The van der Waals surface area contributed by atoms with Crippen molar-refractivity contribution >= 4 is 44.9 Å². The zero-order valence-corrected chi connectivity index (χ0v) is 16.1. The number of hydrogen-bond donors (Lipinski definition) is 2. The lowest BCUT2D eigenvalue weighted by molar-refractivity contribution is -0.138. The zero-order valence-electron chi connectivity index (χ0n) is 15.3. The number of carboxylic acids is 1. The van der Waals surface area contributed by atoms with Crippen LogP contribution in [0.3, 0.4) is 0 Å². The first-order valence-corrected chi connectivity index (χ1v) is 10.0. The molecule has 3 aromatic rings. The highest BCUT2D eigenvalue weighted by Gasteiger charge is 2.33. The maximum atomic E-state index is 13.0. The molecule has 2 N–H and O–H groups in total. The summed E-state index contributed by atoms with van der Waals surface area (Å²) in [5.41, 5.74) is 1.26. The number of fused-ring (bicyclic) bond motifs is 1. The van der Waals surface area contributed by atoms with Crippen molar-refractivity contribution in [3.05, 3.63) is 47.6 Å². The van der Waals surface area contributed by atoms with E-state index in [0.29, 0.717) is 11.3 Å². The molecule has 28 heavy (non-hydrogen) atoms. The Bertz CT molecular complexity index is 1030. The van der Waals surface area contributed by atoms with Crippen LogP contribution in [0, 0.1) is 0 Å². The van der Waals surface area contributed by atoms with Crippen molar-refractivity contribution in [3.8, 4) is 0 Å². The smallest absolute Gasteiger partial charge is 0.310 e. The summed E-state index contributed by atoms with van der Waals surface area (Å²) in [4.78, 5) is 35.9. The van der Waals surface area contributed by atoms with Crippen molar-refractivity contribution in [3.63, 3.8) is 0 Å². The van der Waals surface area contributed by atoms with Crippen LogP contribution in [0.2, 0.25) is 0 Å². The third-order valence-corrected chi connectivity index (χ3v) is 5.91. The first-order chi connectivity index (χ1) is 13.5. The fourth-order valence-corrected chi connectivity index (χ4v) is 4.28. The molecule has 3 heterocycles. The summed E-state index contributed by atoms with van der Waals surface area (Å²) in [7, 11) is 0. The first kappa shape index (κ1) is 18.4. The molecule has 1 fully saturated rings. The van der Waals surface area contributed by atoms with Crippen LogP contribution in [0.5, 0.6) is 0 Å². The Labute approximate surface area is 166 Å². The topological polar surface area (TPSA) is 95.4 Å². The summed E-state index contributed by atoms with van der Waals surface area (Å²) in [6, 6.07) is 8.67. The summed E-state index contributed by atoms with van der Waals surface area (Å²) >= 11 is 1.55. The van der Waals surface area contributed by atoms with Gasteiger partial charge in [0.15, 0.2) is 0 Å². The Morgan fingerprint density at radius 3 is 3.00 bits per heavy atom. The Morgan fingerprint density at radius 1 is 1.32 bits per heavy atom. The van der Waals surface area contributed by atoms with Gasteiger partial charge in [0.05, 0.1) is 11.3 Å². The number of thiophene rings is 1. The molecule has 1 aliphatic heterocycles. The van der Waals surface area contributed by atoms with Crippen LogP contribution in [0.25, 0.3) is 10.2 Å². The summed E-state index contributed by atoms with van der Waals surface area (Å²) < 4.78 is 0. The number of carbonyl (C=O) groups excluding carboxylic acids is 1. The molecule has 0 radical (unpaired) electrons. The average molecular weight is 396 g/mol. The third kappa shape index (κ3) is 3.43. The Balaban J connectivity index is 1.56. The van der Waals surface area contributed by atoms with Gasteiger partial charge < -0.3 is 15.3 Å². The van der Waals surface area contributed by atoms with E-state index in [-0.39, 0.29) is 11.9 Å². The van der Waals surface area contributed by atoms with Gasteiger partial charge in [0.1, 0.15) is 23.0 Å². The molecular weight excluding hydrogens is 376 g/mol. The lowest BCUT2D eigenvalue weighted by atomic mass is 10.0. The quantitative estimate of drug-likeness (QED) is 0.685. The number of aromatic nitrogens is 2. The van der Waals surface area contributed by atoms with Crippen molar-refractivity contribution in [2.45, 2.75) is 31.7 Å². The van der Waals surface area contributed by atoms with Crippen LogP contribution in [0.15, 0.2) is 42.0 Å². The largest absolute Gasteiger partial charge is 0.481 e. The van der Waals surface area contributed by atoms with Gasteiger partial charge in [-0.05, 0) is 48.9 Å². The first-order valence-electron chi connectivity index (χ1n) is 9.13. The van der Waals surface area contributed by atoms with Gasteiger partial charge >= 0.3 is 5.97 Å². The molecule has 4 rings (SSSR count). The van der Waals surface area contributed by atoms with E-state index in [1.165, 1.54) is 6.33 Å². The Hall–Kier alpha value is -3.00. The van der Waals surface area contributed by atoms with Gasteiger partial charge in [-0.25, -0.2) is 9.97 Å². The predicted octanol–water partition coefficient (Wildman–Crippen LogP) is 3.49. The number of carbonyl (C=O) groups is 2. The second kappa shape index (κ2) is 7.55. The predicted molar refractivity (Wildman–Crippen MR) is 109 cm³/mol. The maximum Gasteiger partial charge on any atom is 0.310 e. The van der Waals surface area contributed by atoms with E-state index < -0.39 is 11.9 Å². The fraction of sp³-hybridized carbons (Fsp3) is 0.300. The number of aliphatic carboxylic acids is 1. The summed E-state index contributed by atoms with van der Waals surface area (Å²) in [5.74, 6) is -0.849. The molecular formula is C20H20N4O3S. The van der Waals surface area contributed by atoms with Gasteiger partial charge in [0, 0.05) is 12.2 Å². The molecule has 1 aliphatic rings. The molecule has 2 unspecified atom stereocenters. The summed E-state index contributed by atoms with van der Waals surface area (Å²) in [5, 5.41) is 15.1. The number of nitrogens with one attached hydrogen (secondary N) is 1. The number of amides is 1. The standard InChI is InChI=1S/C20H20N4O3S/c1-12(20(26)27)13-4-2-5-14(10-13)23-18(25)16-6-3-8-24(16)17-15-7-9-28-19(15)22-11-21-17/h2,4-5,7,9-12,16H,3,6,8H2,1H3,(H,23,25)(H,26,27). The third-order valence-electron chi connectivity index (χ3n) is 5.09. The van der Waals surface area contributed by atoms with E-state index in [2.05, 4.69) is 15.3 Å². The zero-order chi connectivity index (χ0) is 19.7. The van der Waals surface area contributed by atoms with Crippen LogP contribution in [0.1, 0.15) is 31.2 Å². The molecule has 0 bridgehead atoms. The highest BCUT2D eigenvalue weighted by atomic mass is 32.1.